The number of aliphatic hydroxyl groups excluding tert-OH is 1. The van der Waals surface area contributed by atoms with Gasteiger partial charge in [-0.15, -0.1) is 0 Å². The number of hydrogen-bond acceptors (Lipinski definition) is 5. The van der Waals surface area contributed by atoms with Crippen LogP contribution in [0.5, 0.6) is 5.75 Å². The molecule has 0 aliphatic carbocycles. The van der Waals surface area contributed by atoms with Gasteiger partial charge in [-0.1, -0.05) is 0 Å². The lowest BCUT2D eigenvalue weighted by Crippen LogP contribution is -2.23. The molecule has 1 unspecified atom stereocenters. The molecule has 2 rings (SSSR count). The minimum absolute atomic E-state index is 0.249. The zero-order valence-corrected chi connectivity index (χ0v) is 12.0. The Morgan fingerprint density at radius 2 is 2.10 bits per heavy atom. The number of nitrogens with zero attached hydrogens (tertiary/aromatic N) is 1. The van der Waals surface area contributed by atoms with Crippen molar-refractivity contribution in [1.29, 1.82) is 0 Å². The molecule has 1 fully saturated rings. The van der Waals surface area contributed by atoms with Crippen LogP contribution >= 0.6 is 0 Å². The summed E-state index contributed by atoms with van der Waals surface area (Å²) in [4.78, 5) is 14.0. The van der Waals surface area contributed by atoms with Crippen LogP contribution in [-0.2, 0) is 9.53 Å². The Labute approximate surface area is 119 Å². The molecule has 20 heavy (non-hydrogen) atoms. The molecule has 0 bridgehead atoms. The van der Waals surface area contributed by atoms with Gasteiger partial charge < -0.3 is 19.5 Å². The average molecular weight is 279 g/mol. The largest absolute Gasteiger partial charge is 0.497 e. The first kappa shape index (κ1) is 14.7. The van der Waals surface area contributed by atoms with Gasteiger partial charge in [0.1, 0.15) is 5.75 Å². The van der Waals surface area contributed by atoms with Crippen LogP contribution in [-0.4, -0.2) is 37.9 Å². The van der Waals surface area contributed by atoms with E-state index in [1.807, 2.05) is 12.1 Å². The van der Waals surface area contributed by atoms with Crippen molar-refractivity contribution < 1.29 is 19.4 Å². The second-order valence-corrected chi connectivity index (χ2v) is 4.77. The molecule has 1 aromatic rings. The summed E-state index contributed by atoms with van der Waals surface area (Å²) in [6, 6.07) is 5.44. The van der Waals surface area contributed by atoms with Gasteiger partial charge in [-0.2, -0.15) is 0 Å². The highest BCUT2D eigenvalue weighted by Crippen LogP contribution is 2.33. The van der Waals surface area contributed by atoms with Gasteiger partial charge in [-0.3, -0.25) is 0 Å². The molecule has 110 valence electrons. The molecule has 1 aromatic carbocycles. The lowest BCUT2D eigenvalue weighted by Gasteiger charge is -2.23. The first-order chi connectivity index (χ1) is 9.67. The summed E-state index contributed by atoms with van der Waals surface area (Å²) in [6.45, 7) is 3.85. The van der Waals surface area contributed by atoms with E-state index >= 15 is 0 Å². The highest BCUT2D eigenvalue weighted by atomic mass is 16.5. The number of aliphatic hydroxyl groups is 1. The number of benzene rings is 1. The molecular weight excluding hydrogens is 258 g/mol. The molecule has 1 saturated heterocycles. The molecule has 0 saturated carbocycles. The molecule has 5 nitrogen and oxygen atoms in total. The van der Waals surface area contributed by atoms with Crippen LogP contribution in [0.25, 0.3) is 0 Å². The van der Waals surface area contributed by atoms with Gasteiger partial charge in [-0.05, 0) is 38.0 Å². The van der Waals surface area contributed by atoms with Crippen LogP contribution in [0.3, 0.4) is 0 Å². The van der Waals surface area contributed by atoms with Gasteiger partial charge in [0.25, 0.3) is 0 Å². The van der Waals surface area contributed by atoms with E-state index in [0.717, 1.165) is 31.6 Å². The van der Waals surface area contributed by atoms with Crippen LogP contribution in [0, 0.1) is 0 Å². The fourth-order valence-corrected chi connectivity index (χ4v) is 2.47. The van der Waals surface area contributed by atoms with Crippen molar-refractivity contribution in [2.24, 2.45) is 0 Å². The van der Waals surface area contributed by atoms with Crippen LogP contribution in [0.1, 0.15) is 31.4 Å². The Bertz CT molecular complexity index is 469. The normalized spacial score (nSPS) is 16.1. The van der Waals surface area contributed by atoms with Crippen molar-refractivity contribution in [2.75, 3.05) is 31.7 Å². The number of methoxy groups -OCH3 is 1. The quantitative estimate of drug-likeness (QED) is 0.834. The molecular formula is C15H21NO4. The third-order valence-corrected chi connectivity index (χ3v) is 3.49. The topological polar surface area (TPSA) is 59.0 Å². The summed E-state index contributed by atoms with van der Waals surface area (Å²) in [5.41, 5.74) is 1.42. The average Bonchev–Trinajstić information content (AvgIpc) is 3.00. The van der Waals surface area contributed by atoms with Gasteiger partial charge in [0.15, 0.2) is 6.10 Å². The lowest BCUT2D eigenvalue weighted by molar-refractivity contribution is -0.153. The maximum Gasteiger partial charge on any atom is 0.339 e. The molecule has 5 heteroatoms. The first-order valence-electron chi connectivity index (χ1n) is 6.95. The van der Waals surface area contributed by atoms with E-state index in [4.69, 9.17) is 9.47 Å². The van der Waals surface area contributed by atoms with Gasteiger partial charge >= 0.3 is 5.97 Å². The fraction of sp³-hybridized carbons (Fsp3) is 0.533. The monoisotopic (exact) mass is 279 g/mol. The highest BCUT2D eigenvalue weighted by Gasteiger charge is 2.25. The van der Waals surface area contributed by atoms with Gasteiger partial charge in [-0.25, -0.2) is 4.79 Å². The molecule has 0 aromatic heterocycles. The summed E-state index contributed by atoms with van der Waals surface area (Å²) >= 11 is 0. The standard InChI is InChI=1S/C15H21NO4/c1-3-20-15(18)14(17)12-10-11(19-2)6-7-13(12)16-8-4-5-9-16/h6-7,10,14,17H,3-5,8-9H2,1-2H3. The molecule has 1 N–H and O–H groups in total. The number of ether oxygens (including phenoxy) is 2. The summed E-state index contributed by atoms with van der Waals surface area (Å²) in [7, 11) is 1.56. The van der Waals surface area contributed by atoms with E-state index < -0.39 is 12.1 Å². The van der Waals surface area contributed by atoms with E-state index in [0.29, 0.717) is 11.3 Å². The zero-order chi connectivity index (χ0) is 14.5. The Hall–Kier alpha value is -1.75. The van der Waals surface area contributed by atoms with Crippen LogP contribution in [0.15, 0.2) is 18.2 Å². The predicted molar refractivity (Wildman–Crippen MR) is 76.0 cm³/mol. The second kappa shape index (κ2) is 6.61. The number of rotatable bonds is 5. The molecule has 0 radical (unpaired) electrons. The number of carbonyl (C=O) groups excluding carboxylic acids is 1. The molecule has 1 aliphatic heterocycles. The van der Waals surface area contributed by atoms with E-state index in [1.165, 1.54) is 0 Å². The predicted octanol–water partition coefficient (Wildman–Crippen LogP) is 1.89. The number of carbonyl (C=O) groups is 1. The Kier molecular flexibility index (Phi) is 4.84. The zero-order valence-electron chi connectivity index (χ0n) is 12.0. The van der Waals surface area contributed by atoms with E-state index in [9.17, 15) is 9.90 Å². The fourth-order valence-electron chi connectivity index (χ4n) is 2.47. The Morgan fingerprint density at radius 1 is 1.40 bits per heavy atom. The lowest BCUT2D eigenvalue weighted by atomic mass is 10.1. The van der Waals surface area contributed by atoms with Crippen LogP contribution < -0.4 is 9.64 Å². The third-order valence-electron chi connectivity index (χ3n) is 3.49. The van der Waals surface area contributed by atoms with E-state index in [2.05, 4.69) is 4.90 Å². The van der Waals surface area contributed by atoms with E-state index in [1.54, 1.807) is 20.1 Å². The molecule has 1 atom stereocenters. The second-order valence-electron chi connectivity index (χ2n) is 4.77. The minimum atomic E-state index is -1.28. The summed E-state index contributed by atoms with van der Waals surface area (Å²) in [5, 5.41) is 10.2. The third kappa shape index (κ3) is 3.04. The molecule has 0 spiro atoms. The Morgan fingerprint density at radius 3 is 2.70 bits per heavy atom. The van der Waals surface area contributed by atoms with Gasteiger partial charge in [0, 0.05) is 24.3 Å². The number of hydrogen-bond donors (Lipinski definition) is 1. The maximum absolute atomic E-state index is 11.8. The molecule has 1 aliphatic rings. The Balaban J connectivity index is 2.33. The summed E-state index contributed by atoms with van der Waals surface area (Å²) < 4.78 is 10.1. The maximum atomic E-state index is 11.8. The molecule has 0 amide bonds. The summed E-state index contributed by atoms with van der Waals surface area (Å²) in [5.74, 6) is -0.00695. The number of anilines is 1. The van der Waals surface area contributed by atoms with Crippen molar-refractivity contribution in [3.05, 3.63) is 23.8 Å². The first-order valence-corrected chi connectivity index (χ1v) is 6.95. The SMILES string of the molecule is CCOC(=O)C(O)c1cc(OC)ccc1N1CCCC1. The summed E-state index contributed by atoms with van der Waals surface area (Å²) in [6.07, 6.45) is 0.975. The van der Waals surface area contributed by atoms with Crippen molar-refractivity contribution >= 4 is 11.7 Å². The van der Waals surface area contributed by atoms with Crippen molar-refractivity contribution in [3.63, 3.8) is 0 Å². The highest BCUT2D eigenvalue weighted by molar-refractivity contribution is 5.79. The van der Waals surface area contributed by atoms with Gasteiger partial charge in [0.2, 0.25) is 0 Å². The van der Waals surface area contributed by atoms with Crippen LogP contribution in [0.4, 0.5) is 5.69 Å². The van der Waals surface area contributed by atoms with Crippen molar-refractivity contribution in [1.82, 2.24) is 0 Å². The number of esters is 1. The molecule has 1 heterocycles. The van der Waals surface area contributed by atoms with Gasteiger partial charge in [0.05, 0.1) is 13.7 Å². The van der Waals surface area contributed by atoms with Crippen molar-refractivity contribution in [3.8, 4) is 5.75 Å². The van der Waals surface area contributed by atoms with Crippen molar-refractivity contribution in [2.45, 2.75) is 25.9 Å². The van der Waals surface area contributed by atoms with Crippen LogP contribution in [0.2, 0.25) is 0 Å². The smallest absolute Gasteiger partial charge is 0.339 e. The van der Waals surface area contributed by atoms with E-state index in [-0.39, 0.29) is 6.61 Å². The minimum Gasteiger partial charge on any atom is -0.497 e.